The number of carbonyl (C=O) groups excluding carboxylic acids is 2. The second-order valence-corrected chi connectivity index (χ2v) is 4.03. The normalized spacial score (nSPS) is 15.5. The van der Waals surface area contributed by atoms with Gasteiger partial charge in [0.2, 0.25) is 5.91 Å². The van der Waals surface area contributed by atoms with Crippen molar-refractivity contribution >= 4 is 11.9 Å². The average molecular weight is 242 g/mol. The highest BCUT2D eigenvalue weighted by molar-refractivity contribution is 5.87. The Kier molecular flexibility index (Phi) is 7.21. The van der Waals surface area contributed by atoms with E-state index in [4.69, 9.17) is 5.73 Å². The highest BCUT2D eigenvalue weighted by atomic mass is 16.5. The largest absolute Gasteiger partial charge is 0.467 e. The van der Waals surface area contributed by atoms with Crippen LogP contribution in [-0.4, -0.2) is 31.1 Å². The number of hydrogen-bond acceptors (Lipinski definition) is 4. The minimum Gasteiger partial charge on any atom is -0.467 e. The molecule has 5 nitrogen and oxygen atoms in total. The number of nitrogens with two attached hydrogens (primary N) is 1. The van der Waals surface area contributed by atoms with Gasteiger partial charge in [0, 0.05) is 0 Å². The lowest BCUT2D eigenvalue weighted by Gasteiger charge is -2.23. The van der Waals surface area contributed by atoms with Crippen LogP contribution in [0.5, 0.6) is 0 Å². The Morgan fingerprint density at radius 2 is 2.12 bits per heavy atom. The molecule has 0 saturated carbocycles. The quantitative estimate of drug-likeness (QED) is 0.506. The number of amides is 1. The molecule has 0 bridgehead atoms. The van der Waals surface area contributed by atoms with Crippen LogP contribution in [0.25, 0.3) is 0 Å². The second kappa shape index (κ2) is 7.84. The Morgan fingerprint density at radius 1 is 1.53 bits per heavy atom. The first-order valence-corrected chi connectivity index (χ1v) is 5.72. The smallest absolute Gasteiger partial charge is 0.328 e. The fourth-order valence-electron chi connectivity index (χ4n) is 1.34. The van der Waals surface area contributed by atoms with Crippen LogP contribution in [0.4, 0.5) is 0 Å². The first kappa shape index (κ1) is 15.6. The molecule has 0 heterocycles. The first-order chi connectivity index (χ1) is 7.97. The first-order valence-electron chi connectivity index (χ1n) is 5.72. The Labute approximate surface area is 102 Å². The summed E-state index contributed by atoms with van der Waals surface area (Å²) >= 11 is 0. The maximum Gasteiger partial charge on any atom is 0.328 e. The molecule has 1 amide bonds. The van der Waals surface area contributed by atoms with Crippen LogP contribution in [0.1, 0.15) is 26.7 Å². The van der Waals surface area contributed by atoms with Gasteiger partial charge in [-0.1, -0.05) is 26.3 Å². The Bertz CT molecular complexity index is 279. The number of esters is 1. The minimum absolute atomic E-state index is 0.00216. The van der Waals surface area contributed by atoms with Crippen LogP contribution in [-0.2, 0) is 14.3 Å². The maximum atomic E-state index is 11.7. The molecule has 98 valence electrons. The highest BCUT2D eigenvalue weighted by Crippen LogP contribution is 2.09. The molecule has 3 N–H and O–H groups in total. The fourth-order valence-corrected chi connectivity index (χ4v) is 1.34. The molecule has 0 aliphatic rings. The van der Waals surface area contributed by atoms with E-state index in [0.29, 0.717) is 6.42 Å². The van der Waals surface area contributed by atoms with Gasteiger partial charge in [0.25, 0.3) is 0 Å². The molecule has 0 spiro atoms. The molecule has 0 rings (SSSR count). The highest BCUT2D eigenvalue weighted by Gasteiger charge is 2.28. The summed E-state index contributed by atoms with van der Waals surface area (Å²) in [6.45, 7) is 7.33. The van der Waals surface area contributed by atoms with Gasteiger partial charge in [-0.15, -0.1) is 6.58 Å². The van der Waals surface area contributed by atoms with Crippen molar-refractivity contribution < 1.29 is 14.3 Å². The lowest BCUT2D eigenvalue weighted by Crippen LogP contribution is -2.51. The lowest BCUT2D eigenvalue weighted by atomic mass is 9.98. The van der Waals surface area contributed by atoms with Crippen LogP contribution in [0.2, 0.25) is 0 Å². The molecule has 0 radical (unpaired) electrons. The van der Waals surface area contributed by atoms with Crippen molar-refractivity contribution in [1.29, 1.82) is 0 Å². The molecule has 0 saturated heterocycles. The summed E-state index contributed by atoms with van der Waals surface area (Å²) in [4.78, 5) is 23.2. The van der Waals surface area contributed by atoms with Gasteiger partial charge in [0.1, 0.15) is 6.04 Å². The SMILES string of the molecule is C=CCC(N)C(=O)NC(C(=O)OC)C(C)CC. The Balaban J connectivity index is 4.58. The maximum absolute atomic E-state index is 11.7. The van der Waals surface area contributed by atoms with Crippen molar-refractivity contribution in [1.82, 2.24) is 5.32 Å². The molecule has 17 heavy (non-hydrogen) atoms. The van der Waals surface area contributed by atoms with Gasteiger partial charge in [-0.2, -0.15) is 0 Å². The molecule has 0 aliphatic carbocycles. The van der Waals surface area contributed by atoms with Crippen molar-refractivity contribution in [2.45, 2.75) is 38.8 Å². The number of ether oxygens (including phenoxy) is 1. The van der Waals surface area contributed by atoms with Crippen LogP contribution >= 0.6 is 0 Å². The summed E-state index contributed by atoms with van der Waals surface area (Å²) in [5.74, 6) is -0.804. The van der Waals surface area contributed by atoms with Gasteiger partial charge in [-0.05, 0) is 12.3 Å². The second-order valence-electron chi connectivity index (χ2n) is 4.03. The molecular formula is C12H22N2O3. The fraction of sp³-hybridized carbons (Fsp3) is 0.667. The van der Waals surface area contributed by atoms with Crippen LogP contribution in [0, 0.1) is 5.92 Å². The van der Waals surface area contributed by atoms with Crippen LogP contribution < -0.4 is 11.1 Å². The van der Waals surface area contributed by atoms with Crippen LogP contribution in [0.3, 0.4) is 0 Å². The predicted molar refractivity (Wildman–Crippen MR) is 66.2 cm³/mol. The molecule has 0 aromatic carbocycles. The molecule has 5 heteroatoms. The zero-order valence-electron chi connectivity index (χ0n) is 10.7. The zero-order chi connectivity index (χ0) is 13.4. The monoisotopic (exact) mass is 242 g/mol. The van der Waals surface area contributed by atoms with E-state index in [1.54, 1.807) is 6.08 Å². The van der Waals surface area contributed by atoms with Gasteiger partial charge < -0.3 is 15.8 Å². The number of hydrogen-bond donors (Lipinski definition) is 2. The molecule has 0 aromatic heterocycles. The third kappa shape index (κ3) is 4.99. The predicted octanol–water partition coefficient (Wildman–Crippen LogP) is 0.594. The topological polar surface area (TPSA) is 81.4 Å². The molecule has 0 fully saturated rings. The summed E-state index contributed by atoms with van der Waals surface area (Å²) < 4.78 is 4.66. The van der Waals surface area contributed by atoms with E-state index >= 15 is 0 Å². The molecule has 3 unspecified atom stereocenters. The van der Waals surface area contributed by atoms with Crippen LogP contribution in [0.15, 0.2) is 12.7 Å². The summed E-state index contributed by atoms with van der Waals surface area (Å²) in [6, 6.07) is -1.32. The number of nitrogens with one attached hydrogen (secondary N) is 1. The van der Waals surface area contributed by atoms with E-state index < -0.39 is 18.1 Å². The van der Waals surface area contributed by atoms with Gasteiger partial charge in [0.05, 0.1) is 13.2 Å². The van der Waals surface area contributed by atoms with Gasteiger partial charge >= 0.3 is 5.97 Å². The van der Waals surface area contributed by atoms with Gasteiger partial charge in [0.15, 0.2) is 0 Å². The van der Waals surface area contributed by atoms with Crippen molar-refractivity contribution in [3.05, 3.63) is 12.7 Å². The van der Waals surface area contributed by atoms with Crippen molar-refractivity contribution in [2.75, 3.05) is 7.11 Å². The summed E-state index contributed by atoms with van der Waals surface area (Å²) in [6.07, 6.45) is 2.71. The number of methoxy groups -OCH3 is 1. The average Bonchev–Trinajstić information content (AvgIpc) is 2.33. The van der Waals surface area contributed by atoms with Gasteiger partial charge in [-0.3, -0.25) is 4.79 Å². The van der Waals surface area contributed by atoms with Gasteiger partial charge in [-0.25, -0.2) is 4.79 Å². The standard InChI is InChI=1S/C12H22N2O3/c1-5-7-9(13)11(15)14-10(8(3)6-2)12(16)17-4/h5,8-10H,1,6-7,13H2,2-4H3,(H,14,15). The molecule has 0 aromatic rings. The number of carbonyl (C=O) groups is 2. The van der Waals surface area contributed by atoms with E-state index in [2.05, 4.69) is 16.6 Å². The number of rotatable bonds is 7. The summed E-state index contributed by atoms with van der Waals surface area (Å²) in [5, 5.41) is 2.62. The lowest BCUT2D eigenvalue weighted by molar-refractivity contribution is -0.146. The molecular weight excluding hydrogens is 220 g/mol. The van der Waals surface area contributed by atoms with E-state index in [1.165, 1.54) is 7.11 Å². The van der Waals surface area contributed by atoms with E-state index in [1.807, 2.05) is 13.8 Å². The van der Waals surface area contributed by atoms with E-state index in [0.717, 1.165) is 6.42 Å². The van der Waals surface area contributed by atoms with Crippen molar-refractivity contribution in [3.63, 3.8) is 0 Å². The van der Waals surface area contributed by atoms with E-state index in [9.17, 15) is 9.59 Å². The Morgan fingerprint density at radius 3 is 2.53 bits per heavy atom. The van der Waals surface area contributed by atoms with E-state index in [-0.39, 0.29) is 11.8 Å². The molecule has 0 aliphatic heterocycles. The third-order valence-electron chi connectivity index (χ3n) is 2.72. The zero-order valence-corrected chi connectivity index (χ0v) is 10.7. The minimum atomic E-state index is -0.677. The van der Waals surface area contributed by atoms with Crippen molar-refractivity contribution in [3.8, 4) is 0 Å². The Hall–Kier alpha value is -1.36. The summed E-state index contributed by atoms with van der Waals surface area (Å²) in [7, 11) is 1.30. The van der Waals surface area contributed by atoms with Crippen molar-refractivity contribution in [2.24, 2.45) is 11.7 Å². The molecule has 3 atom stereocenters. The summed E-state index contributed by atoms with van der Waals surface area (Å²) in [5.41, 5.74) is 5.62. The third-order valence-corrected chi connectivity index (χ3v) is 2.72.